The van der Waals surface area contributed by atoms with Crippen molar-refractivity contribution >= 4 is 0 Å². The average molecular weight is 254 g/mol. The number of aromatic nitrogens is 1. The highest BCUT2D eigenvalue weighted by molar-refractivity contribution is 5.24. The lowest BCUT2D eigenvalue weighted by Gasteiger charge is -2.25. The number of nitrogens with one attached hydrogen (secondary N) is 1. The van der Waals surface area contributed by atoms with Crippen molar-refractivity contribution < 1.29 is 0 Å². The van der Waals surface area contributed by atoms with Crippen LogP contribution in [0.2, 0.25) is 0 Å². The topological polar surface area (TPSA) is 24.9 Å². The molecule has 2 aromatic rings. The van der Waals surface area contributed by atoms with Crippen LogP contribution in [0, 0.1) is 6.92 Å². The summed E-state index contributed by atoms with van der Waals surface area (Å²) in [5.74, 6) is 0. The molecule has 0 saturated heterocycles. The Bertz CT molecular complexity index is 501. The molecule has 0 saturated carbocycles. The molecule has 0 spiro atoms. The molecule has 1 N–H and O–H groups in total. The van der Waals surface area contributed by atoms with Gasteiger partial charge in [0.1, 0.15) is 0 Å². The summed E-state index contributed by atoms with van der Waals surface area (Å²) in [6.45, 7) is 8.33. The summed E-state index contributed by atoms with van der Waals surface area (Å²) in [5.41, 5.74) is 3.79. The molecule has 19 heavy (non-hydrogen) atoms. The lowest BCUT2D eigenvalue weighted by Crippen LogP contribution is -2.32. The second-order valence-corrected chi connectivity index (χ2v) is 5.68. The molecule has 2 nitrogen and oxygen atoms in total. The number of hydrogen-bond donors (Lipinski definition) is 1. The van der Waals surface area contributed by atoms with Gasteiger partial charge >= 0.3 is 0 Å². The molecular formula is C17H22N2. The highest BCUT2D eigenvalue weighted by Crippen LogP contribution is 2.21. The van der Waals surface area contributed by atoms with Crippen molar-refractivity contribution in [3.05, 3.63) is 65.5 Å². The van der Waals surface area contributed by atoms with E-state index in [1.807, 2.05) is 6.20 Å². The van der Waals surface area contributed by atoms with Gasteiger partial charge in [0, 0.05) is 24.7 Å². The van der Waals surface area contributed by atoms with Gasteiger partial charge in [-0.15, -0.1) is 0 Å². The fraction of sp³-hybridized carbons (Fsp3) is 0.353. The summed E-state index contributed by atoms with van der Waals surface area (Å²) in [4.78, 5) is 4.41. The predicted molar refractivity (Wildman–Crippen MR) is 80.1 cm³/mol. The molecule has 0 fully saturated rings. The van der Waals surface area contributed by atoms with E-state index in [0.29, 0.717) is 0 Å². The van der Waals surface area contributed by atoms with Crippen LogP contribution in [-0.4, -0.2) is 11.5 Å². The summed E-state index contributed by atoms with van der Waals surface area (Å²) in [6.07, 6.45) is 1.92. The van der Waals surface area contributed by atoms with Crippen LogP contribution >= 0.6 is 0 Å². The molecule has 0 unspecified atom stereocenters. The molecule has 0 aliphatic carbocycles. The first-order valence-electron chi connectivity index (χ1n) is 6.76. The monoisotopic (exact) mass is 254 g/mol. The highest BCUT2D eigenvalue weighted by atomic mass is 14.9. The molecule has 100 valence electrons. The van der Waals surface area contributed by atoms with Crippen molar-refractivity contribution in [3.63, 3.8) is 0 Å². The summed E-state index contributed by atoms with van der Waals surface area (Å²) < 4.78 is 0. The van der Waals surface area contributed by atoms with E-state index in [1.54, 1.807) is 0 Å². The molecular weight excluding hydrogens is 232 g/mol. The Balaban J connectivity index is 1.90. The van der Waals surface area contributed by atoms with Gasteiger partial charge in [-0.05, 0) is 24.1 Å². The number of aryl methyl sites for hydroxylation is 1. The first-order chi connectivity index (χ1) is 9.08. The third kappa shape index (κ3) is 3.90. The second kappa shape index (κ2) is 5.98. The van der Waals surface area contributed by atoms with Crippen molar-refractivity contribution in [2.75, 3.05) is 6.54 Å². The normalized spacial score (nSPS) is 11.5. The number of hydrogen-bond acceptors (Lipinski definition) is 2. The number of pyridine rings is 1. The third-order valence-corrected chi connectivity index (χ3v) is 3.40. The van der Waals surface area contributed by atoms with E-state index in [1.165, 1.54) is 11.1 Å². The van der Waals surface area contributed by atoms with Crippen molar-refractivity contribution in [2.45, 2.75) is 32.7 Å². The minimum absolute atomic E-state index is 0.131. The van der Waals surface area contributed by atoms with Crippen LogP contribution in [0.15, 0.2) is 48.7 Å². The fourth-order valence-electron chi connectivity index (χ4n) is 2.10. The van der Waals surface area contributed by atoms with Gasteiger partial charge in [-0.25, -0.2) is 0 Å². The number of rotatable bonds is 5. The minimum atomic E-state index is 0.131. The SMILES string of the molecule is Cc1ccc(CNCC(C)(C)c2ccccc2)nc1. The molecule has 1 aromatic carbocycles. The molecule has 0 aliphatic heterocycles. The molecule has 0 bridgehead atoms. The average Bonchev–Trinajstić information content (AvgIpc) is 2.42. The van der Waals surface area contributed by atoms with Crippen LogP contribution in [0.1, 0.15) is 30.7 Å². The zero-order chi connectivity index (χ0) is 13.7. The van der Waals surface area contributed by atoms with Gasteiger partial charge in [0.25, 0.3) is 0 Å². The maximum Gasteiger partial charge on any atom is 0.0541 e. The quantitative estimate of drug-likeness (QED) is 0.884. The molecule has 0 aliphatic rings. The predicted octanol–water partition coefficient (Wildman–Crippen LogP) is 3.46. The van der Waals surface area contributed by atoms with E-state index in [-0.39, 0.29) is 5.41 Å². The molecule has 0 amide bonds. The van der Waals surface area contributed by atoms with Crippen molar-refractivity contribution in [1.82, 2.24) is 10.3 Å². The molecule has 1 aromatic heterocycles. The Morgan fingerprint density at radius 1 is 1.05 bits per heavy atom. The first kappa shape index (κ1) is 13.8. The van der Waals surface area contributed by atoms with E-state index in [9.17, 15) is 0 Å². The summed E-state index contributed by atoms with van der Waals surface area (Å²) in [5, 5.41) is 3.50. The smallest absolute Gasteiger partial charge is 0.0541 e. The van der Waals surface area contributed by atoms with Gasteiger partial charge in [0.05, 0.1) is 5.69 Å². The molecule has 1 heterocycles. The van der Waals surface area contributed by atoms with E-state index < -0.39 is 0 Å². The van der Waals surface area contributed by atoms with Crippen molar-refractivity contribution in [1.29, 1.82) is 0 Å². The third-order valence-electron chi connectivity index (χ3n) is 3.40. The van der Waals surface area contributed by atoms with Gasteiger partial charge in [0.2, 0.25) is 0 Å². The zero-order valence-corrected chi connectivity index (χ0v) is 12.0. The Hall–Kier alpha value is -1.67. The maximum atomic E-state index is 4.41. The van der Waals surface area contributed by atoms with Crippen LogP contribution in [0.4, 0.5) is 0 Å². The van der Waals surface area contributed by atoms with Crippen LogP contribution in [0.25, 0.3) is 0 Å². The minimum Gasteiger partial charge on any atom is -0.310 e. The van der Waals surface area contributed by atoms with Crippen molar-refractivity contribution in [3.8, 4) is 0 Å². The Kier molecular flexibility index (Phi) is 4.33. The van der Waals surface area contributed by atoms with Gasteiger partial charge in [-0.3, -0.25) is 4.98 Å². The van der Waals surface area contributed by atoms with Gasteiger partial charge in [-0.1, -0.05) is 50.2 Å². The highest BCUT2D eigenvalue weighted by Gasteiger charge is 2.19. The fourth-order valence-corrected chi connectivity index (χ4v) is 2.10. The standard InChI is InChI=1S/C17H22N2/c1-14-9-10-16(19-11-14)12-18-13-17(2,3)15-7-5-4-6-8-15/h4-11,18H,12-13H2,1-3H3. The largest absolute Gasteiger partial charge is 0.310 e. The summed E-state index contributed by atoms with van der Waals surface area (Å²) in [7, 11) is 0. The molecule has 2 rings (SSSR count). The van der Waals surface area contributed by atoms with Crippen LogP contribution < -0.4 is 5.32 Å². The van der Waals surface area contributed by atoms with Gasteiger partial charge in [-0.2, -0.15) is 0 Å². The van der Waals surface area contributed by atoms with E-state index >= 15 is 0 Å². The van der Waals surface area contributed by atoms with Gasteiger partial charge in [0.15, 0.2) is 0 Å². The second-order valence-electron chi connectivity index (χ2n) is 5.68. The lowest BCUT2D eigenvalue weighted by atomic mass is 9.84. The molecule has 2 heteroatoms. The Morgan fingerprint density at radius 3 is 2.42 bits per heavy atom. The lowest BCUT2D eigenvalue weighted by molar-refractivity contribution is 0.467. The molecule has 0 radical (unpaired) electrons. The first-order valence-corrected chi connectivity index (χ1v) is 6.76. The number of benzene rings is 1. The van der Waals surface area contributed by atoms with Crippen LogP contribution in [-0.2, 0) is 12.0 Å². The van der Waals surface area contributed by atoms with E-state index in [0.717, 1.165) is 18.8 Å². The summed E-state index contributed by atoms with van der Waals surface area (Å²) >= 11 is 0. The molecule has 0 atom stereocenters. The van der Waals surface area contributed by atoms with E-state index in [2.05, 4.69) is 73.5 Å². The Labute approximate surface area is 115 Å². The zero-order valence-electron chi connectivity index (χ0n) is 12.0. The Morgan fingerprint density at radius 2 is 1.79 bits per heavy atom. The van der Waals surface area contributed by atoms with Crippen LogP contribution in [0.3, 0.4) is 0 Å². The van der Waals surface area contributed by atoms with Crippen LogP contribution in [0.5, 0.6) is 0 Å². The van der Waals surface area contributed by atoms with E-state index in [4.69, 9.17) is 0 Å². The summed E-state index contributed by atoms with van der Waals surface area (Å²) in [6, 6.07) is 14.8. The maximum absolute atomic E-state index is 4.41. The van der Waals surface area contributed by atoms with Gasteiger partial charge < -0.3 is 5.32 Å². The van der Waals surface area contributed by atoms with Crippen molar-refractivity contribution in [2.24, 2.45) is 0 Å². The number of nitrogens with zero attached hydrogens (tertiary/aromatic N) is 1.